The number of benzene rings is 1. The molecule has 0 radical (unpaired) electrons. The molecule has 2 atom stereocenters. The van der Waals surface area contributed by atoms with Gasteiger partial charge < -0.3 is 15.4 Å². The van der Waals surface area contributed by atoms with Gasteiger partial charge in [0.05, 0.1) is 24.2 Å². The number of aromatic nitrogens is 2. The van der Waals surface area contributed by atoms with Gasteiger partial charge in [-0.1, -0.05) is 6.07 Å². The topological polar surface area (TPSA) is 68.2 Å². The summed E-state index contributed by atoms with van der Waals surface area (Å²) in [5.41, 5.74) is 0.239. The predicted molar refractivity (Wildman–Crippen MR) is 99.5 cm³/mol. The average Bonchev–Trinajstić information content (AvgIpc) is 3.26. The molecule has 1 fully saturated rings. The van der Waals surface area contributed by atoms with E-state index in [1.165, 1.54) is 12.1 Å². The maximum Gasteiger partial charge on any atom is 0.416 e. The second kappa shape index (κ2) is 9.29. The standard InChI is InChI=1S/C18H21F3N4O2.ClH/c1-25-11-12(8-24-25)15-9-22-10-16(15)17(26)23-5-6-27-14-4-2-3-13(7-14)18(19,20)21;/h2-4,7-8,11,15-16,22H,5-6,9-10H2,1H3,(H,23,26);1H/t15-,16+;/m1./s1. The molecule has 2 N–H and O–H groups in total. The van der Waals surface area contributed by atoms with Crippen molar-refractivity contribution in [2.45, 2.75) is 12.1 Å². The lowest BCUT2D eigenvalue weighted by atomic mass is 9.90. The van der Waals surface area contributed by atoms with Gasteiger partial charge in [-0.3, -0.25) is 9.48 Å². The molecule has 2 aromatic rings. The van der Waals surface area contributed by atoms with Gasteiger partial charge >= 0.3 is 6.18 Å². The molecule has 1 aliphatic heterocycles. The molecule has 154 valence electrons. The Morgan fingerprint density at radius 3 is 2.86 bits per heavy atom. The summed E-state index contributed by atoms with van der Waals surface area (Å²) >= 11 is 0. The molecule has 1 aromatic heterocycles. The lowest BCUT2D eigenvalue weighted by Gasteiger charge is -2.17. The third-order valence-corrected chi connectivity index (χ3v) is 4.54. The number of carbonyl (C=O) groups is 1. The van der Waals surface area contributed by atoms with E-state index in [0.29, 0.717) is 13.1 Å². The summed E-state index contributed by atoms with van der Waals surface area (Å²) in [7, 11) is 1.83. The molecule has 0 aliphatic carbocycles. The minimum Gasteiger partial charge on any atom is -0.492 e. The molecule has 1 amide bonds. The van der Waals surface area contributed by atoms with E-state index in [2.05, 4.69) is 15.7 Å². The van der Waals surface area contributed by atoms with Crippen molar-refractivity contribution >= 4 is 18.3 Å². The first-order valence-electron chi connectivity index (χ1n) is 8.61. The third-order valence-electron chi connectivity index (χ3n) is 4.54. The summed E-state index contributed by atoms with van der Waals surface area (Å²) in [4.78, 5) is 12.5. The van der Waals surface area contributed by atoms with Gasteiger partial charge in [-0.05, 0) is 23.8 Å². The number of ether oxygens (including phenoxy) is 1. The van der Waals surface area contributed by atoms with Crippen LogP contribution in [-0.4, -0.2) is 41.9 Å². The quantitative estimate of drug-likeness (QED) is 0.707. The summed E-state index contributed by atoms with van der Waals surface area (Å²) in [5.74, 6) is -0.165. The Hall–Kier alpha value is -2.26. The number of alkyl halides is 3. The van der Waals surface area contributed by atoms with Crippen LogP contribution in [0.2, 0.25) is 0 Å². The highest BCUT2D eigenvalue weighted by atomic mass is 35.5. The van der Waals surface area contributed by atoms with Crippen molar-refractivity contribution in [3.63, 3.8) is 0 Å². The SMILES string of the molecule is Cl.Cn1cc([C@H]2CNC[C@@H]2C(=O)NCCOc2cccc(C(F)(F)F)c2)cn1. The van der Waals surface area contributed by atoms with E-state index in [-0.39, 0.29) is 49.1 Å². The van der Waals surface area contributed by atoms with Crippen LogP contribution in [0, 0.1) is 5.92 Å². The van der Waals surface area contributed by atoms with E-state index in [4.69, 9.17) is 4.74 Å². The first-order chi connectivity index (χ1) is 12.8. The van der Waals surface area contributed by atoms with Crippen LogP contribution >= 0.6 is 12.4 Å². The van der Waals surface area contributed by atoms with Gasteiger partial charge in [0.25, 0.3) is 0 Å². The molecule has 10 heteroatoms. The summed E-state index contributed by atoms with van der Waals surface area (Å²) < 4.78 is 45.1. The maximum atomic E-state index is 12.7. The summed E-state index contributed by atoms with van der Waals surface area (Å²) in [6.07, 6.45) is -0.756. The Morgan fingerprint density at radius 2 is 2.18 bits per heavy atom. The Bertz CT molecular complexity index is 797. The first kappa shape index (κ1) is 22.0. The van der Waals surface area contributed by atoms with Crippen LogP contribution in [0.4, 0.5) is 13.2 Å². The molecular weight excluding hydrogens is 397 g/mol. The second-order valence-corrected chi connectivity index (χ2v) is 6.48. The zero-order chi connectivity index (χ0) is 19.4. The number of halogens is 4. The number of nitrogens with one attached hydrogen (secondary N) is 2. The molecular formula is C18H22ClF3N4O2. The van der Waals surface area contributed by atoms with Crippen LogP contribution in [0.3, 0.4) is 0 Å². The highest BCUT2D eigenvalue weighted by molar-refractivity contribution is 5.85. The third kappa shape index (κ3) is 5.39. The summed E-state index contributed by atoms with van der Waals surface area (Å²) in [5, 5.41) is 10.2. The number of hydrogen-bond acceptors (Lipinski definition) is 4. The molecule has 1 aromatic carbocycles. The maximum absolute atomic E-state index is 12.7. The molecule has 0 unspecified atom stereocenters. The average molecular weight is 419 g/mol. The number of nitrogens with zero attached hydrogens (tertiary/aromatic N) is 2. The largest absolute Gasteiger partial charge is 0.492 e. The van der Waals surface area contributed by atoms with Gasteiger partial charge in [-0.15, -0.1) is 12.4 Å². The van der Waals surface area contributed by atoms with Gasteiger partial charge in [0.1, 0.15) is 12.4 Å². The van der Waals surface area contributed by atoms with Crippen molar-refractivity contribution in [1.29, 1.82) is 0 Å². The molecule has 0 saturated carbocycles. The molecule has 0 bridgehead atoms. The van der Waals surface area contributed by atoms with Crippen molar-refractivity contribution in [3.8, 4) is 5.75 Å². The van der Waals surface area contributed by atoms with Crippen molar-refractivity contribution < 1.29 is 22.7 Å². The van der Waals surface area contributed by atoms with Gasteiger partial charge in [0.15, 0.2) is 0 Å². The van der Waals surface area contributed by atoms with Crippen LogP contribution in [0.15, 0.2) is 36.7 Å². The second-order valence-electron chi connectivity index (χ2n) is 6.48. The molecule has 2 heterocycles. The van der Waals surface area contributed by atoms with Gasteiger partial charge in [0, 0.05) is 32.3 Å². The van der Waals surface area contributed by atoms with E-state index < -0.39 is 11.7 Å². The number of amides is 1. The lowest BCUT2D eigenvalue weighted by molar-refractivity contribution is -0.137. The zero-order valence-corrected chi connectivity index (χ0v) is 16.0. The Kier molecular flexibility index (Phi) is 7.31. The monoisotopic (exact) mass is 418 g/mol. The number of carbonyl (C=O) groups excluding carboxylic acids is 1. The summed E-state index contributed by atoms with van der Waals surface area (Å²) in [6.45, 7) is 1.57. The van der Waals surface area contributed by atoms with Gasteiger partial charge in [0.2, 0.25) is 5.91 Å². The van der Waals surface area contributed by atoms with Crippen molar-refractivity contribution in [1.82, 2.24) is 20.4 Å². The van der Waals surface area contributed by atoms with E-state index in [0.717, 1.165) is 17.7 Å². The number of rotatable bonds is 6. The normalized spacial score (nSPS) is 19.1. The van der Waals surface area contributed by atoms with Crippen LogP contribution in [0.1, 0.15) is 17.0 Å². The minimum absolute atomic E-state index is 0. The van der Waals surface area contributed by atoms with Crippen molar-refractivity contribution in [2.75, 3.05) is 26.2 Å². The molecule has 3 rings (SSSR count). The lowest BCUT2D eigenvalue weighted by Crippen LogP contribution is -2.36. The number of aryl methyl sites for hydroxylation is 1. The van der Waals surface area contributed by atoms with Gasteiger partial charge in [-0.2, -0.15) is 18.3 Å². The van der Waals surface area contributed by atoms with Crippen LogP contribution in [-0.2, 0) is 18.0 Å². The highest BCUT2D eigenvalue weighted by Crippen LogP contribution is 2.31. The Morgan fingerprint density at radius 1 is 1.39 bits per heavy atom. The first-order valence-corrected chi connectivity index (χ1v) is 8.61. The van der Waals surface area contributed by atoms with Crippen molar-refractivity contribution in [3.05, 3.63) is 47.8 Å². The van der Waals surface area contributed by atoms with Crippen LogP contribution < -0.4 is 15.4 Å². The fourth-order valence-corrected chi connectivity index (χ4v) is 3.17. The molecule has 0 spiro atoms. The smallest absolute Gasteiger partial charge is 0.416 e. The molecule has 1 saturated heterocycles. The van der Waals surface area contributed by atoms with Gasteiger partial charge in [-0.25, -0.2) is 0 Å². The van der Waals surface area contributed by atoms with E-state index >= 15 is 0 Å². The Labute approximate surface area is 166 Å². The zero-order valence-electron chi connectivity index (χ0n) is 15.2. The van der Waals surface area contributed by atoms with Crippen molar-refractivity contribution in [2.24, 2.45) is 13.0 Å². The predicted octanol–water partition coefficient (Wildman–Crippen LogP) is 2.36. The van der Waals surface area contributed by atoms with E-state index in [9.17, 15) is 18.0 Å². The van der Waals surface area contributed by atoms with E-state index in [1.54, 1.807) is 10.9 Å². The minimum atomic E-state index is -4.41. The van der Waals surface area contributed by atoms with E-state index in [1.807, 2.05) is 13.2 Å². The molecule has 1 aliphatic rings. The molecule has 28 heavy (non-hydrogen) atoms. The fourth-order valence-electron chi connectivity index (χ4n) is 3.17. The highest BCUT2D eigenvalue weighted by Gasteiger charge is 2.34. The summed E-state index contributed by atoms with van der Waals surface area (Å²) in [6, 6.07) is 4.68. The van der Waals surface area contributed by atoms with Crippen LogP contribution in [0.25, 0.3) is 0 Å². The van der Waals surface area contributed by atoms with Crippen LogP contribution in [0.5, 0.6) is 5.75 Å². The number of hydrogen-bond donors (Lipinski definition) is 2. The Balaban J connectivity index is 0.00000280. The molecule has 6 nitrogen and oxygen atoms in total. The fraction of sp³-hybridized carbons (Fsp3) is 0.444.